The molecule has 0 bridgehead atoms. The number of rotatable bonds is 5. The number of fused-ring (bicyclic) bond motifs is 1. The number of pyridine rings is 1. The van der Waals surface area contributed by atoms with E-state index < -0.39 is 0 Å². The van der Waals surface area contributed by atoms with Gasteiger partial charge in [0, 0.05) is 40.0 Å². The van der Waals surface area contributed by atoms with Gasteiger partial charge in [-0.1, -0.05) is 53.5 Å². The Bertz CT molecular complexity index is 1190. The first-order valence-corrected chi connectivity index (χ1v) is 10.9. The van der Waals surface area contributed by atoms with E-state index in [0.29, 0.717) is 28.7 Å². The SMILES string of the molecule is O=C(c1cc2ccccc2cc1Br)N(Cc1cccnc1)Cc1cc(Cl)cc(Cl)c1. The number of nitrogens with zero attached hydrogens (tertiary/aromatic N) is 2. The molecule has 1 amide bonds. The van der Waals surface area contributed by atoms with E-state index in [-0.39, 0.29) is 5.91 Å². The summed E-state index contributed by atoms with van der Waals surface area (Å²) >= 11 is 15.9. The Morgan fingerprint density at radius 2 is 1.53 bits per heavy atom. The highest BCUT2D eigenvalue weighted by molar-refractivity contribution is 9.10. The fourth-order valence-corrected chi connectivity index (χ4v) is 4.48. The molecule has 6 heteroatoms. The summed E-state index contributed by atoms with van der Waals surface area (Å²) in [6, 6.07) is 21.0. The number of benzene rings is 3. The standard InChI is InChI=1S/C24H17BrCl2N2O/c25-23-11-19-6-2-1-5-18(19)10-22(23)24(30)29(14-16-4-3-7-28-13-16)15-17-8-20(26)12-21(27)9-17/h1-13H,14-15H2. The van der Waals surface area contributed by atoms with Crippen LogP contribution >= 0.6 is 39.1 Å². The monoisotopic (exact) mass is 498 g/mol. The summed E-state index contributed by atoms with van der Waals surface area (Å²) in [6.45, 7) is 0.781. The van der Waals surface area contributed by atoms with Gasteiger partial charge in [0.15, 0.2) is 0 Å². The Morgan fingerprint density at radius 1 is 0.867 bits per heavy atom. The second kappa shape index (κ2) is 9.17. The molecule has 150 valence electrons. The van der Waals surface area contributed by atoms with Gasteiger partial charge >= 0.3 is 0 Å². The third-order valence-electron chi connectivity index (χ3n) is 4.75. The molecule has 3 nitrogen and oxygen atoms in total. The third-order valence-corrected chi connectivity index (χ3v) is 5.84. The highest BCUT2D eigenvalue weighted by atomic mass is 79.9. The summed E-state index contributed by atoms with van der Waals surface area (Å²) in [5, 5.41) is 3.16. The number of amides is 1. The lowest BCUT2D eigenvalue weighted by molar-refractivity contribution is 0.0729. The zero-order chi connectivity index (χ0) is 21.1. The fraction of sp³-hybridized carbons (Fsp3) is 0.0833. The second-order valence-electron chi connectivity index (χ2n) is 6.98. The van der Waals surface area contributed by atoms with Crippen LogP contribution in [0.2, 0.25) is 10.0 Å². The van der Waals surface area contributed by atoms with Crippen LogP contribution in [0.3, 0.4) is 0 Å². The smallest absolute Gasteiger partial charge is 0.255 e. The molecule has 0 saturated heterocycles. The molecule has 30 heavy (non-hydrogen) atoms. The highest BCUT2D eigenvalue weighted by Gasteiger charge is 2.20. The lowest BCUT2D eigenvalue weighted by Gasteiger charge is -2.24. The molecule has 1 heterocycles. The number of aromatic nitrogens is 1. The van der Waals surface area contributed by atoms with Gasteiger partial charge in [-0.25, -0.2) is 0 Å². The first kappa shape index (κ1) is 20.9. The largest absolute Gasteiger partial charge is 0.330 e. The summed E-state index contributed by atoms with van der Waals surface area (Å²) in [5.74, 6) is -0.0902. The minimum atomic E-state index is -0.0902. The van der Waals surface area contributed by atoms with Crippen molar-refractivity contribution in [3.05, 3.63) is 110 Å². The molecule has 0 fully saturated rings. The van der Waals surface area contributed by atoms with Crippen molar-refractivity contribution in [1.29, 1.82) is 0 Å². The molecule has 4 rings (SSSR count). The maximum Gasteiger partial charge on any atom is 0.255 e. The van der Waals surface area contributed by atoms with Crippen LogP contribution in [0.15, 0.2) is 83.6 Å². The maximum atomic E-state index is 13.6. The average molecular weight is 500 g/mol. The number of hydrogen-bond acceptors (Lipinski definition) is 2. The highest BCUT2D eigenvalue weighted by Crippen LogP contribution is 2.27. The van der Waals surface area contributed by atoms with E-state index in [9.17, 15) is 4.79 Å². The van der Waals surface area contributed by atoms with Crippen LogP contribution in [-0.2, 0) is 13.1 Å². The lowest BCUT2D eigenvalue weighted by atomic mass is 10.1. The molecule has 0 aliphatic carbocycles. The number of carbonyl (C=O) groups excluding carboxylic acids is 1. The first-order valence-electron chi connectivity index (χ1n) is 9.31. The van der Waals surface area contributed by atoms with E-state index in [1.54, 1.807) is 23.4 Å². The van der Waals surface area contributed by atoms with Crippen molar-refractivity contribution in [2.75, 3.05) is 0 Å². The Labute approximate surface area is 193 Å². The van der Waals surface area contributed by atoms with E-state index in [0.717, 1.165) is 26.4 Å². The van der Waals surface area contributed by atoms with Gasteiger partial charge in [-0.15, -0.1) is 0 Å². The van der Waals surface area contributed by atoms with Crippen LogP contribution in [-0.4, -0.2) is 15.8 Å². The molecule has 0 aliphatic rings. The third kappa shape index (κ3) is 4.84. The maximum absolute atomic E-state index is 13.6. The molecule has 0 radical (unpaired) electrons. The Morgan fingerprint density at radius 3 is 2.20 bits per heavy atom. The zero-order valence-corrected chi connectivity index (χ0v) is 19.0. The van der Waals surface area contributed by atoms with E-state index in [4.69, 9.17) is 23.2 Å². The zero-order valence-electron chi connectivity index (χ0n) is 15.9. The summed E-state index contributed by atoms with van der Waals surface area (Å²) in [6.07, 6.45) is 3.48. The number of hydrogen-bond donors (Lipinski definition) is 0. The van der Waals surface area contributed by atoms with Gasteiger partial charge < -0.3 is 4.90 Å². The molecular formula is C24H17BrCl2N2O. The van der Waals surface area contributed by atoms with Crippen molar-refractivity contribution >= 4 is 55.8 Å². The van der Waals surface area contributed by atoms with Crippen LogP contribution in [0.25, 0.3) is 10.8 Å². The lowest BCUT2D eigenvalue weighted by Crippen LogP contribution is -2.30. The Kier molecular flexibility index (Phi) is 6.38. The van der Waals surface area contributed by atoms with E-state index in [2.05, 4.69) is 20.9 Å². The van der Waals surface area contributed by atoms with Gasteiger partial charge in [0.05, 0.1) is 5.56 Å². The van der Waals surface area contributed by atoms with E-state index >= 15 is 0 Å². The predicted molar refractivity (Wildman–Crippen MR) is 126 cm³/mol. The second-order valence-corrected chi connectivity index (χ2v) is 8.71. The predicted octanol–water partition coefficient (Wildman–Crippen LogP) is 7.15. The van der Waals surface area contributed by atoms with E-state index in [1.807, 2.05) is 60.7 Å². The van der Waals surface area contributed by atoms with Crippen LogP contribution < -0.4 is 0 Å². The van der Waals surface area contributed by atoms with Crippen molar-refractivity contribution < 1.29 is 4.79 Å². The van der Waals surface area contributed by atoms with Gasteiger partial charge in [-0.3, -0.25) is 9.78 Å². The average Bonchev–Trinajstić information content (AvgIpc) is 2.72. The molecule has 0 atom stereocenters. The van der Waals surface area contributed by atoms with Crippen LogP contribution in [0.1, 0.15) is 21.5 Å². The van der Waals surface area contributed by atoms with Gasteiger partial charge in [0.2, 0.25) is 0 Å². The molecule has 4 aromatic rings. The van der Waals surface area contributed by atoms with Crippen molar-refractivity contribution in [1.82, 2.24) is 9.88 Å². The van der Waals surface area contributed by atoms with Crippen LogP contribution in [0, 0.1) is 0 Å². The minimum absolute atomic E-state index is 0.0902. The quantitative estimate of drug-likeness (QED) is 0.292. The van der Waals surface area contributed by atoms with Crippen molar-refractivity contribution in [2.45, 2.75) is 13.1 Å². The molecule has 0 saturated carbocycles. The van der Waals surface area contributed by atoms with Gasteiger partial charge in [-0.05, 0) is 74.2 Å². The fourth-order valence-electron chi connectivity index (χ4n) is 3.38. The van der Waals surface area contributed by atoms with E-state index in [1.165, 1.54) is 0 Å². The molecule has 0 unspecified atom stereocenters. The van der Waals surface area contributed by atoms with Gasteiger partial charge in [0.1, 0.15) is 0 Å². The van der Waals surface area contributed by atoms with Crippen LogP contribution in [0.4, 0.5) is 0 Å². The van der Waals surface area contributed by atoms with Crippen LogP contribution in [0.5, 0.6) is 0 Å². The topological polar surface area (TPSA) is 33.2 Å². The molecule has 0 aliphatic heterocycles. The summed E-state index contributed by atoms with van der Waals surface area (Å²) < 4.78 is 0.756. The number of halogens is 3. The van der Waals surface area contributed by atoms with Crippen molar-refractivity contribution in [3.8, 4) is 0 Å². The molecular weight excluding hydrogens is 483 g/mol. The Balaban J connectivity index is 1.72. The molecule has 3 aromatic carbocycles. The van der Waals surface area contributed by atoms with Crippen molar-refractivity contribution in [2.24, 2.45) is 0 Å². The summed E-state index contributed by atoms with van der Waals surface area (Å²) in [4.78, 5) is 19.5. The minimum Gasteiger partial charge on any atom is -0.330 e. The summed E-state index contributed by atoms with van der Waals surface area (Å²) in [5.41, 5.74) is 2.41. The molecule has 0 N–H and O–H groups in total. The molecule has 0 spiro atoms. The van der Waals surface area contributed by atoms with Crippen molar-refractivity contribution in [3.63, 3.8) is 0 Å². The first-order chi connectivity index (χ1) is 14.5. The number of carbonyl (C=O) groups is 1. The summed E-state index contributed by atoms with van der Waals surface area (Å²) in [7, 11) is 0. The van der Waals surface area contributed by atoms with Gasteiger partial charge in [-0.2, -0.15) is 0 Å². The van der Waals surface area contributed by atoms with Gasteiger partial charge in [0.25, 0.3) is 5.91 Å². The normalized spacial score (nSPS) is 10.9. The molecule has 1 aromatic heterocycles. The Hall–Kier alpha value is -2.40.